The molecule has 178 valence electrons. The molecule has 0 unspecified atom stereocenters. The summed E-state index contributed by atoms with van der Waals surface area (Å²) in [6.07, 6.45) is -1.71. The van der Waals surface area contributed by atoms with E-state index in [4.69, 9.17) is 12.2 Å². The minimum absolute atomic E-state index is 0.0760. The number of aromatic nitrogens is 3. The van der Waals surface area contributed by atoms with E-state index < -0.39 is 17.6 Å². The fourth-order valence-corrected chi connectivity index (χ4v) is 3.10. The lowest BCUT2D eigenvalue weighted by molar-refractivity contribution is -0.137. The Labute approximate surface area is 201 Å². The molecule has 0 atom stereocenters. The maximum Gasteiger partial charge on any atom is 0.416 e. The molecule has 1 amide bonds. The number of halogens is 3. The van der Waals surface area contributed by atoms with Crippen LogP contribution in [-0.4, -0.2) is 26.0 Å². The van der Waals surface area contributed by atoms with Gasteiger partial charge in [-0.05, 0) is 49.5 Å². The van der Waals surface area contributed by atoms with Gasteiger partial charge in [-0.1, -0.05) is 6.07 Å². The average Bonchev–Trinajstić information content (AvgIpc) is 3.18. The largest absolute Gasteiger partial charge is 0.416 e. The summed E-state index contributed by atoms with van der Waals surface area (Å²) >= 11 is 5.16. The lowest BCUT2D eigenvalue weighted by atomic mass is 10.2. The second-order valence-corrected chi connectivity index (χ2v) is 7.53. The number of carbonyl (C=O) groups is 1. The predicted molar refractivity (Wildman–Crippen MR) is 127 cm³/mol. The Morgan fingerprint density at radius 2 is 1.77 bits per heavy atom. The van der Waals surface area contributed by atoms with Crippen molar-refractivity contribution in [3.05, 3.63) is 71.8 Å². The zero-order valence-electron chi connectivity index (χ0n) is 17.9. The van der Waals surface area contributed by atoms with Crippen molar-refractivity contribution in [3.63, 3.8) is 0 Å². The Morgan fingerprint density at radius 1 is 0.943 bits per heavy atom. The van der Waals surface area contributed by atoms with Crippen LogP contribution in [0.15, 0.2) is 70.8 Å². The summed E-state index contributed by atoms with van der Waals surface area (Å²) in [6, 6.07) is 9.68. The fourth-order valence-electron chi connectivity index (χ4n) is 2.88. The lowest BCUT2D eigenvalue weighted by Crippen LogP contribution is -2.20. The van der Waals surface area contributed by atoms with Crippen molar-refractivity contribution in [1.29, 1.82) is 0 Å². The zero-order chi connectivity index (χ0) is 25.0. The van der Waals surface area contributed by atoms with E-state index in [-0.39, 0.29) is 22.6 Å². The molecule has 14 heteroatoms. The van der Waals surface area contributed by atoms with Gasteiger partial charge in [0.15, 0.2) is 10.9 Å². The van der Waals surface area contributed by atoms with Crippen LogP contribution < -0.4 is 21.3 Å². The van der Waals surface area contributed by atoms with Crippen LogP contribution in [0.25, 0.3) is 0 Å². The molecule has 0 saturated carbocycles. The molecule has 35 heavy (non-hydrogen) atoms. The highest BCUT2D eigenvalue weighted by molar-refractivity contribution is 7.80. The number of pyridine rings is 1. The highest BCUT2D eigenvalue weighted by atomic mass is 32.1. The van der Waals surface area contributed by atoms with Gasteiger partial charge in [0.25, 0.3) is 5.91 Å². The molecule has 0 saturated heterocycles. The molecule has 1 aliphatic heterocycles. The number of azo groups is 1. The Balaban J connectivity index is 1.37. The van der Waals surface area contributed by atoms with Crippen molar-refractivity contribution in [2.75, 3.05) is 21.3 Å². The van der Waals surface area contributed by atoms with Gasteiger partial charge >= 0.3 is 6.18 Å². The van der Waals surface area contributed by atoms with Crippen molar-refractivity contribution in [2.24, 2.45) is 10.2 Å². The lowest BCUT2D eigenvalue weighted by Gasteiger charge is -2.13. The topological polar surface area (TPSA) is 129 Å². The van der Waals surface area contributed by atoms with E-state index in [0.717, 1.165) is 12.1 Å². The normalized spacial score (nSPS) is 12.8. The zero-order valence-corrected chi connectivity index (χ0v) is 18.7. The Hall–Kier alpha value is -4.46. The van der Waals surface area contributed by atoms with Crippen molar-refractivity contribution in [3.8, 4) is 0 Å². The van der Waals surface area contributed by atoms with Gasteiger partial charge in [0, 0.05) is 17.4 Å². The molecule has 3 aromatic rings. The second-order valence-electron chi connectivity index (χ2n) is 7.13. The van der Waals surface area contributed by atoms with E-state index in [1.807, 2.05) is 0 Å². The summed E-state index contributed by atoms with van der Waals surface area (Å²) in [7, 11) is 0. The van der Waals surface area contributed by atoms with Crippen LogP contribution in [0.3, 0.4) is 0 Å². The first kappa shape index (κ1) is 23.7. The van der Waals surface area contributed by atoms with E-state index in [9.17, 15) is 18.0 Å². The third-order valence-corrected chi connectivity index (χ3v) is 4.54. The predicted octanol–water partition coefficient (Wildman–Crippen LogP) is 5.00. The standard InChI is InChI=1S/C21H16F3N9OS/c1-11-7-16(29-17-9-18(34)33-32-17)30-19(26-11)27-14-5-6-15(25-10-14)31-20(35)28-13-4-2-3-12(8-13)21(22,23)24/h2-10H,1H3,(H2,25,28,31,35)(H2,26,27,29,30). The molecule has 0 bridgehead atoms. The highest BCUT2D eigenvalue weighted by Crippen LogP contribution is 2.30. The highest BCUT2D eigenvalue weighted by Gasteiger charge is 2.30. The maximum absolute atomic E-state index is 12.9. The van der Waals surface area contributed by atoms with Crippen molar-refractivity contribution in [2.45, 2.75) is 13.1 Å². The number of benzene rings is 1. The summed E-state index contributed by atoms with van der Waals surface area (Å²) in [5, 5.41) is 18.6. The quantitative estimate of drug-likeness (QED) is 0.347. The first-order valence-corrected chi connectivity index (χ1v) is 10.3. The number of amides is 1. The minimum Gasteiger partial charge on any atom is -0.332 e. The molecule has 4 N–H and O–H groups in total. The number of rotatable bonds is 6. The molecular weight excluding hydrogens is 483 g/mol. The Kier molecular flexibility index (Phi) is 6.64. The molecule has 1 aromatic carbocycles. The molecule has 0 radical (unpaired) electrons. The second kappa shape index (κ2) is 9.80. The number of carbonyl (C=O) groups excluding carboxylic acids is 1. The van der Waals surface area contributed by atoms with Gasteiger partial charge in [0.2, 0.25) is 5.95 Å². The van der Waals surface area contributed by atoms with Crippen LogP contribution in [-0.2, 0) is 11.0 Å². The van der Waals surface area contributed by atoms with Gasteiger partial charge in [-0.25, -0.2) is 9.97 Å². The van der Waals surface area contributed by atoms with Crippen molar-refractivity contribution in [1.82, 2.24) is 15.0 Å². The molecule has 0 fully saturated rings. The van der Waals surface area contributed by atoms with E-state index in [2.05, 4.69) is 46.4 Å². The average molecular weight is 499 g/mol. The molecule has 4 rings (SSSR count). The van der Waals surface area contributed by atoms with Gasteiger partial charge < -0.3 is 21.3 Å². The SMILES string of the molecule is Cc1cc(NC2=CC(=O)N=N2)nc(Nc2ccc(NC(=S)Nc3cccc(C(F)(F)F)c3)nc2)n1. The van der Waals surface area contributed by atoms with Gasteiger partial charge in [-0.3, -0.25) is 4.79 Å². The van der Waals surface area contributed by atoms with Crippen LogP contribution in [0.4, 0.5) is 42.1 Å². The van der Waals surface area contributed by atoms with Crippen LogP contribution >= 0.6 is 12.2 Å². The number of hydrogen-bond donors (Lipinski definition) is 4. The Bertz CT molecular complexity index is 1340. The van der Waals surface area contributed by atoms with Crippen LogP contribution in [0.1, 0.15) is 11.3 Å². The molecule has 2 aromatic heterocycles. The maximum atomic E-state index is 12.9. The van der Waals surface area contributed by atoms with Crippen LogP contribution in [0.2, 0.25) is 0 Å². The molecule has 1 aliphatic rings. The van der Waals surface area contributed by atoms with Gasteiger partial charge in [-0.15, -0.1) is 10.2 Å². The van der Waals surface area contributed by atoms with Crippen molar-refractivity contribution >= 4 is 52.2 Å². The van der Waals surface area contributed by atoms with Crippen molar-refractivity contribution < 1.29 is 18.0 Å². The molecule has 0 spiro atoms. The monoisotopic (exact) mass is 499 g/mol. The number of alkyl halides is 3. The van der Waals surface area contributed by atoms with E-state index in [1.165, 1.54) is 24.4 Å². The first-order chi connectivity index (χ1) is 16.6. The molecule has 3 heterocycles. The van der Waals surface area contributed by atoms with E-state index in [1.54, 1.807) is 25.1 Å². The summed E-state index contributed by atoms with van der Waals surface area (Å²) in [5.74, 6) is 0.873. The summed E-state index contributed by atoms with van der Waals surface area (Å²) in [6.45, 7) is 1.78. The number of aryl methyl sites for hydroxylation is 1. The third-order valence-electron chi connectivity index (χ3n) is 4.34. The number of thiocarbonyl (C=S) groups is 1. The number of nitrogens with one attached hydrogen (secondary N) is 4. The molecular formula is C21H16F3N9OS. The smallest absolute Gasteiger partial charge is 0.332 e. The fraction of sp³-hybridized carbons (Fsp3) is 0.0952. The van der Waals surface area contributed by atoms with Gasteiger partial charge in [0.05, 0.1) is 23.5 Å². The van der Waals surface area contributed by atoms with Gasteiger partial charge in [0.1, 0.15) is 11.6 Å². The summed E-state index contributed by atoms with van der Waals surface area (Å²) < 4.78 is 38.6. The van der Waals surface area contributed by atoms with Gasteiger partial charge in [-0.2, -0.15) is 18.2 Å². The summed E-state index contributed by atoms with van der Waals surface area (Å²) in [4.78, 5) is 24.0. The number of anilines is 5. The van der Waals surface area contributed by atoms with Crippen LogP contribution in [0.5, 0.6) is 0 Å². The van der Waals surface area contributed by atoms with Crippen LogP contribution in [0, 0.1) is 6.92 Å². The Morgan fingerprint density at radius 3 is 2.46 bits per heavy atom. The summed E-state index contributed by atoms with van der Waals surface area (Å²) in [5.41, 5.74) is 0.632. The minimum atomic E-state index is -4.45. The number of hydrogen-bond acceptors (Lipinski definition) is 8. The van der Waals surface area contributed by atoms with E-state index in [0.29, 0.717) is 23.0 Å². The van der Waals surface area contributed by atoms with E-state index >= 15 is 0 Å². The molecule has 0 aliphatic carbocycles. The number of nitrogens with zero attached hydrogens (tertiary/aromatic N) is 5. The molecule has 10 nitrogen and oxygen atoms in total. The third kappa shape index (κ3) is 6.54. The first-order valence-electron chi connectivity index (χ1n) is 9.92.